The van der Waals surface area contributed by atoms with Gasteiger partial charge in [0.25, 0.3) is 0 Å². The molecule has 116 valence electrons. The fraction of sp³-hybridized carbons (Fsp3) is 0.846. The number of aliphatic hydroxyl groups is 1. The first-order valence-electron chi connectivity index (χ1n) is 6.92. The Morgan fingerprint density at radius 3 is 2.75 bits per heavy atom. The third-order valence-corrected chi connectivity index (χ3v) is 2.65. The first-order valence-corrected chi connectivity index (χ1v) is 6.92. The summed E-state index contributed by atoms with van der Waals surface area (Å²) < 4.78 is 12.0. The molecule has 0 amide bonds. The van der Waals surface area contributed by atoms with Crippen LogP contribution in [0.4, 0.5) is 0 Å². The number of nitrogens with one attached hydrogen (secondary N) is 1. The molecule has 0 bridgehead atoms. The van der Waals surface area contributed by atoms with Gasteiger partial charge < -0.3 is 19.9 Å². The molecule has 0 radical (unpaired) electrons. The molecule has 0 aliphatic rings. The van der Waals surface area contributed by atoms with Crippen LogP contribution in [0.15, 0.2) is 6.20 Å². The van der Waals surface area contributed by atoms with Gasteiger partial charge in [0.1, 0.15) is 0 Å². The van der Waals surface area contributed by atoms with Gasteiger partial charge in [-0.3, -0.25) is 0 Å². The number of hydrogen-bond acceptors (Lipinski definition) is 6. The zero-order valence-electron chi connectivity index (χ0n) is 12.7. The van der Waals surface area contributed by atoms with E-state index in [1.165, 1.54) is 0 Å². The van der Waals surface area contributed by atoms with Crippen molar-refractivity contribution in [3.05, 3.63) is 11.9 Å². The fourth-order valence-corrected chi connectivity index (χ4v) is 1.64. The van der Waals surface area contributed by atoms with E-state index in [0.717, 1.165) is 5.69 Å². The lowest BCUT2D eigenvalue weighted by Gasteiger charge is -2.15. The standard InChI is InChI=1S/C13H26N4O3/c1-10(2)14-5-12-6-17(16-15-12)7-13(18)9-20-11(3)8-19-4/h6,10-11,13-14,18H,5,7-9H2,1-4H3. The van der Waals surface area contributed by atoms with Crippen molar-refractivity contribution in [3.8, 4) is 0 Å². The SMILES string of the molecule is COCC(C)OCC(O)Cn1cc(CNC(C)C)nn1. The maximum Gasteiger partial charge on any atom is 0.0969 e. The first kappa shape index (κ1) is 17.0. The van der Waals surface area contributed by atoms with Gasteiger partial charge in [-0.15, -0.1) is 5.10 Å². The monoisotopic (exact) mass is 286 g/mol. The van der Waals surface area contributed by atoms with Crippen molar-refractivity contribution < 1.29 is 14.6 Å². The van der Waals surface area contributed by atoms with Crippen molar-refractivity contribution in [2.24, 2.45) is 0 Å². The Labute approximate surface area is 120 Å². The first-order chi connectivity index (χ1) is 9.51. The zero-order chi connectivity index (χ0) is 15.0. The topological polar surface area (TPSA) is 81.4 Å². The van der Waals surface area contributed by atoms with E-state index in [4.69, 9.17) is 9.47 Å². The smallest absolute Gasteiger partial charge is 0.0969 e. The van der Waals surface area contributed by atoms with Crippen LogP contribution in [-0.2, 0) is 22.6 Å². The highest BCUT2D eigenvalue weighted by Crippen LogP contribution is 1.99. The molecule has 1 aromatic heterocycles. The predicted octanol–water partition coefficient (Wildman–Crippen LogP) is 0.189. The van der Waals surface area contributed by atoms with Crippen LogP contribution in [-0.4, -0.2) is 58.7 Å². The van der Waals surface area contributed by atoms with E-state index in [1.807, 2.05) is 13.1 Å². The second kappa shape index (κ2) is 9.02. The van der Waals surface area contributed by atoms with Gasteiger partial charge in [-0.1, -0.05) is 19.1 Å². The average Bonchev–Trinajstić information content (AvgIpc) is 2.82. The minimum absolute atomic E-state index is 0.0313. The molecule has 2 N–H and O–H groups in total. The lowest BCUT2D eigenvalue weighted by molar-refractivity contribution is -0.0365. The van der Waals surface area contributed by atoms with Crippen LogP contribution in [0.1, 0.15) is 26.5 Å². The quantitative estimate of drug-likeness (QED) is 0.639. The Bertz CT molecular complexity index is 370. The van der Waals surface area contributed by atoms with Gasteiger partial charge >= 0.3 is 0 Å². The van der Waals surface area contributed by atoms with Gasteiger partial charge in [0.15, 0.2) is 0 Å². The van der Waals surface area contributed by atoms with E-state index < -0.39 is 6.10 Å². The Morgan fingerprint density at radius 2 is 2.10 bits per heavy atom. The van der Waals surface area contributed by atoms with Crippen LogP contribution in [0.2, 0.25) is 0 Å². The minimum atomic E-state index is -0.609. The number of hydrogen-bond donors (Lipinski definition) is 2. The highest BCUT2D eigenvalue weighted by atomic mass is 16.5. The van der Waals surface area contributed by atoms with Gasteiger partial charge in [0.05, 0.1) is 37.7 Å². The molecule has 0 saturated heterocycles. The summed E-state index contributed by atoms with van der Waals surface area (Å²) in [5.41, 5.74) is 0.861. The Morgan fingerprint density at radius 1 is 1.35 bits per heavy atom. The number of methoxy groups -OCH3 is 1. The molecule has 1 rings (SSSR count). The van der Waals surface area contributed by atoms with Crippen LogP contribution in [0.5, 0.6) is 0 Å². The minimum Gasteiger partial charge on any atom is -0.389 e. The van der Waals surface area contributed by atoms with Gasteiger partial charge in [-0.05, 0) is 6.92 Å². The van der Waals surface area contributed by atoms with Crippen molar-refractivity contribution in [2.45, 2.75) is 52.1 Å². The summed E-state index contributed by atoms with van der Waals surface area (Å²) >= 11 is 0. The highest BCUT2D eigenvalue weighted by Gasteiger charge is 2.10. The lowest BCUT2D eigenvalue weighted by Crippen LogP contribution is -2.26. The van der Waals surface area contributed by atoms with Crippen LogP contribution < -0.4 is 5.32 Å². The molecule has 2 atom stereocenters. The molecule has 1 aromatic rings. The molecule has 7 heteroatoms. The van der Waals surface area contributed by atoms with Crippen molar-refractivity contribution >= 4 is 0 Å². The summed E-state index contributed by atoms with van der Waals surface area (Å²) in [6, 6.07) is 0.404. The number of aromatic nitrogens is 3. The van der Waals surface area contributed by atoms with Crippen molar-refractivity contribution in [1.82, 2.24) is 20.3 Å². The predicted molar refractivity (Wildman–Crippen MR) is 75.3 cm³/mol. The molecule has 0 aromatic carbocycles. The van der Waals surface area contributed by atoms with Crippen LogP contribution in [0, 0.1) is 0 Å². The number of ether oxygens (including phenoxy) is 2. The third kappa shape index (κ3) is 6.95. The number of aliphatic hydroxyl groups excluding tert-OH is 1. The molecule has 0 aliphatic heterocycles. The average molecular weight is 286 g/mol. The molecule has 0 spiro atoms. The zero-order valence-corrected chi connectivity index (χ0v) is 12.7. The summed E-state index contributed by atoms with van der Waals surface area (Å²) in [6.45, 7) is 7.87. The van der Waals surface area contributed by atoms with Crippen molar-refractivity contribution in [1.29, 1.82) is 0 Å². The number of rotatable bonds is 10. The highest BCUT2D eigenvalue weighted by molar-refractivity contribution is 4.92. The maximum atomic E-state index is 9.88. The normalized spacial score (nSPS) is 14.7. The van der Waals surface area contributed by atoms with Gasteiger partial charge in [0.2, 0.25) is 0 Å². The third-order valence-electron chi connectivity index (χ3n) is 2.65. The maximum absolute atomic E-state index is 9.88. The second-order valence-corrected chi connectivity index (χ2v) is 5.22. The van der Waals surface area contributed by atoms with E-state index in [0.29, 0.717) is 25.7 Å². The Hall–Kier alpha value is -1.02. The summed E-state index contributed by atoms with van der Waals surface area (Å²) in [6.07, 6.45) is 1.19. The van der Waals surface area contributed by atoms with Crippen molar-refractivity contribution in [2.75, 3.05) is 20.3 Å². The summed E-state index contributed by atoms with van der Waals surface area (Å²) in [5, 5.41) is 21.2. The molecule has 0 saturated carbocycles. The van der Waals surface area contributed by atoms with Gasteiger partial charge in [-0.2, -0.15) is 0 Å². The van der Waals surface area contributed by atoms with Crippen molar-refractivity contribution in [3.63, 3.8) is 0 Å². The molecule has 2 unspecified atom stereocenters. The molecule has 0 aliphatic carbocycles. The Kier molecular flexibility index (Phi) is 7.68. The lowest BCUT2D eigenvalue weighted by atomic mass is 10.3. The van der Waals surface area contributed by atoms with E-state index in [-0.39, 0.29) is 12.7 Å². The molecule has 20 heavy (non-hydrogen) atoms. The van der Waals surface area contributed by atoms with E-state index in [9.17, 15) is 5.11 Å². The van der Waals surface area contributed by atoms with E-state index in [2.05, 4.69) is 29.5 Å². The van der Waals surface area contributed by atoms with Crippen LogP contribution in [0.25, 0.3) is 0 Å². The number of nitrogens with zero attached hydrogens (tertiary/aromatic N) is 3. The summed E-state index contributed by atoms with van der Waals surface area (Å²) in [7, 11) is 1.62. The van der Waals surface area contributed by atoms with E-state index in [1.54, 1.807) is 11.8 Å². The summed E-state index contributed by atoms with van der Waals surface area (Å²) in [4.78, 5) is 0. The van der Waals surface area contributed by atoms with Gasteiger partial charge in [0, 0.05) is 25.9 Å². The molecule has 0 fully saturated rings. The van der Waals surface area contributed by atoms with Gasteiger partial charge in [-0.25, -0.2) is 4.68 Å². The molecular formula is C13H26N4O3. The Balaban J connectivity index is 2.29. The van der Waals surface area contributed by atoms with E-state index >= 15 is 0 Å². The molecule has 7 nitrogen and oxygen atoms in total. The fourth-order valence-electron chi connectivity index (χ4n) is 1.64. The molecular weight excluding hydrogens is 260 g/mol. The second-order valence-electron chi connectivity index (χ2n) is 5.22. The largest absolute Gasteiger partial charge is 0.389 e. The van der Waals surface area contributed by atoms with Crippen LogP contribution in [0.3, 0.4) is 0 Å². The summed E-state index contributed by atoms with van der Waals surface area (Å²) in [5.74, 6) is 0. The van der Waals surface area contributed by atoms with Crippen LogP contribution >= 0.6 is 0 Å². The molecule has 1 heterocycles.